The summed E-state index contributed by atoms with van der Waals surface area (Å²) in [5.41, 5.74) is 0.683. The van der Waals surface area contributed by atoms with E-state index in [-0.39, 0.29) is 36.5 Å². The van der Waals surface area contributed by atoms with Crippen LogP contribution in [0.3, 0.4) is 0 Å². The van der Waals surface area contributed by atoms with E-state index in [1.807, 2.05) is 0 Å². The molecule has 2 aromatic rings. The summed E-state index contributed by atoms with van der Waals surface area (Å²) in [7, 11) is 0. The van der Waals surface area contributed by atoms with Crippen LogP contribution in [0, 0.1) is 5.82 Å². The molecule has 1 atom stereocenters. The third kappa shape index (κ3) is 4.80. The summed E-state index contributed by atoms with van der Waals surface area (Å²) >= 11 is 0. The van der Waals surface area contributed by atoms with Crippen molar-refractivity contribution in [3.05, 3.63) is 59.4 Å². The van der Waals surface area contributed by atoms with Gasteiger partial charge < -0.3 is 20.5 Å². The number of amides is 1. The maximum atomic E-state index is 14.1. The Morgan fingerprint density at radius 2 is 2.07 bits per heavy atom. The summed E-state index contributed by atoms with van der Waals surface area (Å²) in [6, 6.07) is 7.72. The number of carbonyl (C=O) groups is 1. The Hall–Kier alpha value is -3.07. The third-order valence-electron chi connectivity index (χ3n) is 3.96. The fraction of sp³-hybridized carbons (Fsp3) is 0.211. The zero-order valence-corrected chi connectivity index (χ0v) is 14.4. The first-order valence-corrected chi connectivity index (χ1v) is 8.26. The van der Waals surface area contributed by atoms with Crippen molar-refractivity contribution >= 4 is 23.4 Å². The molecule has 0 fully saturated rings. The van der Waals surface area contributed by atoms with E-state index < -0.39 is 17.9 Å². The van der Waals surface area contributed by atoms with Gasteiger partial charge >= 0.3 is 6.18 Å². The maximum Gasteiger partial charge on any atom is 0.409 e. The molecule has 0 aromatic heterocycles. The van der Waals surface area contributed by atoms with Crippen molar-refractivity contribution < 1.29 is 32.2 Å². The highest BCUT2D eigenvalue weighted by Crippen LogP contribution is 2.32. The summed E-state index contributed by atoms with van der Waals surface area (Å²) in [5, 5.41) is 14.7. The number of alkyl halides is 3. The number of anilines is 2. The molecule has 1 heterocycles. The Labute approximate surface area is 157 Å². The fourth-order valence-corrected chi connectivity index (χ4v) is 2.60. The molecule has 9 heteroatoms. The van der Waals surface area contributed by atoms with Gasteiger partial charge in [-0.15, -0.1) is 0 Å². The third-order valence-corrected chi connectivity index (χ3v) is 3.96. The van der Waals surface area contributed by atoms with Crippen LogP contribution < -0.4 is 15.4 Å². The van der Waals surface area contributed by atoms with Crippen molar-refractivity contribution in [3.63, 3.8) is 0 Å². The van der Waals surface area contributed by atoms with Gasteiger partial charge in [-0.1, -0.05) is 6.07 Å². The molecule has 2 aromatic carbocycles. The van der Waals surface area contributed by atoms with Crippen molar-refractivity contribution in [3.8, 4) is 5.75 Å². The van der Waals surface area contributed by atoms with Gasteiger partial charge in [-0.25, -0.2) is 4.39 Å². The quantitative estimate of drug-likeness (QED) is 0.688. The number of rotatable bonds is 4. The van der Waals surface area contributed by atoms with E-state index in [1.54, 1.807) is 18.2 Å². The van der Waals surface area contributed by atoms with E-state index >= 15 is 0 Å². The molecule has 3 N–H and O–H groups in total. The van der Waals surface area contributed by atoms with Crippen molar-refractivity contribution in [2.45, 2.75) is 12.2 Å². The molecule has 1 aliphatic rings. The lowest BCUT2D eigenvalue weighted by Crippen LogP contribution is -2.34. The number of hydrogen-bond acceptors (Lipinski definition) is 4. The van der Waals surface area contributed by atoms with Gasteiger partial charge in [0.25, 0.3) is 5.91 Å². The minimum atomic E-state index is -4.51. The number of hydrogen-bond donors (Lipinski definition) is 3. The number of nitrogens with one attached hydrogen (secondary N) is 2. The molecule has 3 rings (SSSR count). The standard InChI is InChI=1S/C19H16F4N2O3/c20-15-7-11(5-6-19(21,22)23)1-3-14(15)18(27)25-12-2-4-16-17(8-12)28-10-13(9-26)24-16/h1-8,13,24,26H,9-10H2,(H,25,27). The Morgan fingerprint density at radius 3 is 2.75 bits per heavy atom. The van der Waals surface area contributed by atoms with E-state index in [2.05, 4.69) is 10.6 Å². The van der Waals surface area contributed by atoms with E-state index in [0.29, 0.717) is 17.1 Å². The molecule has 0 saturated carbocycles. The summed E-state index contributed by atoms with van der Waals surface area (Å²) in [6.45, 7) is 0.161. The Balaban J connectivity index is 1.72. The van der Waals surface area contributed by atoms with Crippen LogP contribution in [0.4, 0.5) is 28.9 Å². The Morgan fingerprint density at radius 1 is 1.29 bits per heavy atom. The highest BCUT2D eigenvalue weighted by molar-refractivity contribution is 6.04. The van der Waals surface area contributed by atoms with Gasteiger partial charge in [-0.2, -0.15) is 13.2 Å². The van der Waals surface area contributed by atoms with Crippen LogP contribution in [0.2, 0.25) is 0 Å². The highest BCUT2D eigenvalue weighted by atomic mass is 19.4. The molecule has 1 amide bonds. The molecular weight excluding hydrogens is 380 g/mol. The first-order valence-electron chi connectivity index (χ1n) is 8.26. The largest absolute Gasteiger partial charge is 0.489 e. The van der Waals surface area contributed by atoms with Crippen molar-refractivity contribution in [1.29, 1.82) is 0 Å². The number of allylic oxidation sites excluding steroid dienone is 1. The lowest BCUT2D eigenvalue weighted by molar-refractivity contribution is -0.0790. The minimum Gasteiger partial charge on any atom is -0.489 e. The number of benzene rings is 2. The Kier molecular flexibility index (Phi) is 5.55. The molecular formula is C19H16F4N2O3. The molecule has 0 saturated heterocycles. The normalized spacial score (nSPS) is 16.2. The second-order valence-electron chi connectivity index (χ2n) is 6.11. The summed E-state index contributed by atoms with van der Waals surface area (Å²) in [4.78, 5) is 12.3. The SMILES string of the molecule is O=C(Nc1ccc2c(c1)OCC(CO)N2)c1ccc(C=CC(F)(F)F)cc1F. The number of halogens is 4. The number of ether oxygens (including phenoxy) is 1. The molecule has 0 bridgehead atoms. The van der Waals surface area contributed by atoms with E-state index in [9.17, 15) is 22.4 Å². The zero-order valence-electron chi connectivity index (χ0n) is 14.4. The second kappa shape index (κ2) is 7.89. The lowest BCUT2D eigenvalue weighted by Gasteiger charge is -2.26. The predicted molar refractivity (Wildman–Crippen MR) is 95.9 cm³/mol. The van der Waals surface area contributed by atoms with Crippen LogP contribution in [-0.4, -0.2) is 36.4 Å². The number of fused-ring (bicyclic) bond motifs is 1. The van der Waals surface area contributed by atoms with Gasteiger partial charge in [0.15, 0.2) is 0 Å². The average Bonchev–Trinajstić information content (AvgIpc) is 2.65. The van der Waals surface area contributed by atoms with E-state index in [4.69, 9.17) is 9.84 Å². The van der Waals surface area contributed by atoms with E-state index in [1.165, 1.54) is 6.07 Å². The second-order valence-corrected chi connectivity index (χ2v) is 6.11. The molecule has 1 unspecified atom stereocenters. The van der Waals surface area contributed by atoms with Crippen molar-refractivity contribution in [2.75, 3.05) is 23.8 Å². The van der Waals surface area contributed by atoms with Crippen LogP contribution in [0.1, 0.15) is 15.9 Å². The van der Waals surface area contributed by atoms with Crippen molar-refractivity contribution in [2.24, 2.45) is 0 Å². The number of carbonyl (C=O) groups excluding carboxylic acids is 1. The highest BCUT2D eigenvalue weighted by Gasteiger charge is 2.22. The molecule has 5 nitrogen and oxygen atoms in total. The topological polar surface area (TPSA) is 70.6 Å². The smallest absolute Gasteiger partial charge is 0.409 e. The summed E-state index contributed by atoms with van der Waals surface area (Å²) in [6.07, 6.45) is -3.80. The molecule has 148 valence electrons. The van der Waals surface area contributed by atoms with Crippen molar-refractivity contribution in [1.82, 2.24) is 0 Å². The molecule has 0 aliphatic carbocycles. The van der Waals surface area contributed by atoms with Gasteiger partial charge in [0.2, 0.25) is 0 Å². The van der Waals surface area contributed by atoms with Gasteiger partial charge in [0.05, 0.1) is 23.9 Å². The molecule has 1 aliphatic heterocycles. The predicted octanol–water partition coefficient (Wildman–Crippen LogP) is 3.82. The lowest BCUT2D eigenvalue weighted by atomic mass is 10.1. The average molecular weight is 396 g/mol. The van der Waals surface area contributed by atoms with Crippen LogP contribution in [0.25, 0.3) is 6.08 Å². The molecule has 0 spiro atoms. The van der Waals surface area contributed by atoms with Crippen LogP contribution in [-0.2, 0) is 0 Å². The summed E-state index contributed by atoms with van der Waals surface area (Å²) in [5.74, 6) is -1.22. The van der Waals surface area contributed by atoms with Gasteiger partial charge in [-0.3, -0.25) is 4.79 Å². The molecule has 28 heavy (non-hydrogen) atoms. The minimum absolute atomic E-state index is 0.00991. The molecule has 0 radical (unpaired) electrons. The zero-order chi connectivity index (χ0) is 20.3. The van der Waals surface area contributed by atoms with Gasteiger partial charge in [-0.05, 0) is 35.9 Å². The maximum absolute atomic E-state index is 14.1. The number of aliphatic hydroxyl groups is 1. The fourth-order valence-electron chi connectivity index (χ4n) is 2.60. The van der Waals surface area contributed by atoms with Crippen LogP contribution in [0.15, 0.2) is 42.5 Å². The van der Waals surface area contributed by atoms with Gasteiger partial charge in [0.1, 0.15) is 18.2 Å². The Bertz CT molecular complexity index is 913. The first kappa shape index (κ1) is 19.7. The monoisotopic (exact) mass is 396 g/mol. The summed E-state index contributed by atoms with van der Waals surface area (Å²) < 4.78 is 56.2. The van der Waals surface area contributed by atoms with Crippen LogP contribution >= 0.6 is 0 Å². The van der Waals surface area contributed by atoms with E-state index in [0.717, 1.165) is 18.2 Å². The number of aliphatic hydroxyl groups excluding tert-OH is 1. The first-order chi connectivity index (χ1) is 13.2. The van der Waals surface area contributed by atoms with Crippen LogP contribution in [0.5, 0.6) is 5.75 Å². The van der Waals surface area contributed by atoms with Gasteiger partial charge in [0, 0.05) is 17.8 Å².